The molecule has 3 nitrogen and oxygen atoms in total. The van der Waals surface area contributed by atoms with Gasteiger partial charge in [0.2, 0.25) is 5.95 Å². The Kier molecular flexibility index (Phi) is 4.67. The van der Waals surface area contributed by atoms with E-state index in [-0.39, 0.29) is 5.54 Å². The molecule has 0 amide bonds. The molecule has 106 valence electrons. The largest absolute Gasteiger partial charge is 0.348 e. The molecule has 1 saturated carbocycles. The van der Waals surface area contributed by atoms with Crippen molar-refractivity contribution in [2.45, 2.75) is 64.3 Å². The Balaban J connectivity index is 2.21. The average molecular weight is 282 g/mol. The van der Waals surface area contributed by atoms with Crippen LogP contribution in [0.1, 0.15) is 63.3 Å². The standard InChI is InChI=1S/C15H24ClN3/c1-11(2)13-9-12(3)17-14(18-13)19-15(10-16)7-5-4-6-8-15/h9,11H,4-8,10H2,1-3H3,(H,17,18,19). The maximum atomic E-state index is 6.21. The minimum absolute atomic E-state index is 0.0121. The number of nitrogens with zero attached hydrogens (tertiary/aromatic N) is 2. The summed E-state index contributed by atoms with van der Waals surface area (Å²) in [5, 5.41) is 3.53. The Morgan fingerprint density at radius 3 is 2.53 bits per heavy atom. The van der Waals surface area contributed by atoms with E-state index in [9.17, 15) is 0 Å². The molecule has 0 radical (unpaired) electrons. The lowest BCUT2D eigenvalue weighted by Gasteiger charge is -2.36. The van der Waals surface area contributed by atoms with E-state index >= 15 is 0 Å². The Labute approximate surface area is 121 Å². The van der Waals surface area contributed by atoms with Crippen LogP contribution in [-0.4, -0.2) is 21.4 Å². The zero-order valence-corrected chi connectivity index (χ0v) is 12.9. The molecule has 4 heteroatoms. The molecule has 2 rings (SSSR count). The molecule has 0 bridgehead atoms. The second-order valence-electron chi connectivity index (χ2n) is 6.01. The third-order valence-corrected chi connectivity index (χ3v) is 4.42. The van der Waals surface area contributed by atoms with Gasteiger partial charge in [0.25, 0.3) is 0 Å². The van der Waals surface area contributed by atoms with Crippen molar-refractivity contribution in [2.24, 2.45) is 0 Å². The van der Waals surface area contributed by atoms with Crippen LogP contribution in [0.3, 0.4) is 0 Å². The van der Waals surface area contributed by atoms with Gasteiger partial charge in [0, 0.05) is 17.3 Å². The van der Waals surface area contributed by atoms with Crippen LogP contribution in [0, 0.1) is 6.92 Å². The van der Waals surface area contributed by atoms with Crippen molar-refractivity contribution < 1.29 is 0 Å². The van der Waals surface area contributed by atoms with Crippen molar-refractivity contribution in [3.05, 3.63) is 17.5 Å². The number of nitrogens with one attached hydrogen (secondary N) is 1. The highest BCUT2D eigenvalue weighted by molar-refractivity contribution is 6.18. The summed E-state index contributed by atoms with van der Waals surface area (Å²) in [5.74, 6) is 1.79. The third kappa shape index (κ3) is 3.59. The molecule has 1 aliphatic carbocycles. The minimum Gasteiger partial charge on any atom is -0.348 e. The molecule has 0 unspecified atom stereocenters. The first-order chi connectivity index (χ1) is 9.04. The van der Waals surface area contributed by atoms with Gasteiger partial charge in [0.1, 0.15) is 0 Å². The van der Waals surface area contributed by atoms with Crippen LogP contribution in [0.25, 0.3) is 0 Å². The van der Waals surface area contributed by atoms with E-state index in [1.807, 2.05) is 6.92 Å². The molecule has 1 aliphatic rings. The van der Waals surface area contributed by atoms with E-state index in [0.717, 1.165) is 30.2 Å². The number of aryl methyl sites for hydroxylation is 1. The van der Waals surface area contributed by atoms with Crippen LogP contribution in [0.4, 0.5) is 5.95 Å². The lowest BCUT2D eigenvalue weighted by Crippen LogP contribution is -2.42. The highest BCUT2D eigenvalue weighted by atomic mass is 35.5. The molecular formula is C15H24ClN3. The van der Waals surface area contributed by atoms with E-state index in [4.69, 9.17) is 11.6 Å². The Morgan fingerprint density at radius 1 is 1.26 bits per heavy atom. The summed E-state index contributed by atoms with van der Waals surface area (Å²) in [6.07, 6.45) is 6.02. The molecule has 1 fully saturated rings. The first kappa shape index (κ1) is 14.6. The molecule has 0 atom stereocenters. The molecule has 19 heavy (non-hydrogen) atoms. The quantitative estimate of drug-likeness (QED) is 0.838. The van der Waals surface area contributed by atoms with E-state index in [1.165, 1.54) is 19.3 Å². The van der Waals surface area contributed by atoms with Crippen molar-refractivity contribution in [1.82, 2.24) is 9.97 Å². The summed E-state index contributed by atoms with van der Waals surface area (Å²) in [6, 6.07) is 2.06. The van der Waals surface area contributed by atoms with Crippen molar-refractivity contribution in [2.75, 3.05) is 11.2 Å². The van der Waals surface area contributed by atoms with Gasteiger partial charge in [-0.1, -0.05) is 33.1 Å². The molecule has 1 aromatic rings. The van der Waals surface area contributed by atoms with Crippen molar-refractivity contribution in [3.63, 3.8) is 0 Å². The molecule has 1 aromatic heterocycles. The molecule has 0 saturated heterocycles. The van der Waals surface area contributed by atoms with E-state index in [0.29, 0.717) is 11.8 Å². The van der Waals surface area contributed by atoms with Gasteiger partial charge >= 0.3 is 0 Å². The molecular weight excluding hydrogens is 258 g/mol. The molecule has 1 heterocycles. The topological polar surface area (TPSA) is 37.8 Å². The molecule has 0 aliphatic heterocycles. The van der Waals surface area contributed by atoms with Gasteiger partial charge in [0.15, 0.2) is 0 Å². The van der Waals surface area contributed by atoms with Gasteiger partial charge in [-0.15, -0.1) is 11.6 Å². The zero-order valence-electron chi connectivity index (χ0n) is 12.2. The summed E-state index contributed by atoms with van der Waals surface area (Å²) < 4.78 is 0. The van der Waals surface area contributed by atoms with Crippen LogP contribution >= 0.6 is 11.6 Å². The van der Waals surface area contributed by atoms with Crippen LogP contribution in [0.15, 0.2) is 6.07 Å². The summed E-state index contributed by atoms with van der Waals surface area (Å²) in [5.41, 5.74) is 2.10. The first-order valence-electron chi connectivity index (χ1n) is 7.24. The summed E-state index contributed by atoms with van der Waals surface area (Å²) in [4.78, 5) is 9.16. The summed E-state index contributed by atoms with van der Waals surface area (Å²) in [6.45, 7) is 6.33. The SMILES string of the molecule is Cc1cc(C(C)C)nc(NC2(CCl)CCCCC2)n1. The number of halogens is 1. The lowest BCUT2D eigenvalue weighted by atomic mass is 9.83. The Bertz CT molecular complexity index is 425. The average Bonchev–Trinajstić information content (AvgIpc) is 2.39. The fraction of sp³-hybridized carbons (Fsp3) is 0.733. The number of anilines is 1. The third-order valence-electron chi connectivity index (χ3n) is 3.91. The maximum absolute atomic E-state index is 6.21. The molecule has 0 spiro atoms. The Morgan fingerprint density at radius 2 is 1.95 bits per heavy atom. The van der Waals surface area contributed by atoms with Crippen LogP contribution in [0.2, 0.25) is 0 Å². The number of aromatic nitrogens is 2. The maximum Gasteiger partial charge on any atom is 0.223 e. The van der Waals surface area contributed by atoms with Gasteiger partial charge in [-0.05, 0) is 31.7 Å². The monoisotopic (exact) mass is 281 g/mol. The normalized spacial score (nSPS) is 18.6. The second-order valence-corrected chi connectivity index (χ2v) is 6.28. The lowest BCUT2D eigenvalue weighted by molar-refractivity contribution is 0.351. The van der Waals surface area contributed by atoms with Gasteiger partial charge in [0.05, 0.1) is 5.54 Å². The highest BCUT2D eigenvalue weighted by Crippen LogP contribution is 2.32. The predicted molar refractivity (Wildman–Crippen MR) is 81.0 cm³/mol. The van der Waals surface area contributed by atoms with Crippen molar-refractivity contribution in [1.29, 1.82) is 0 Å². The highest BCUT2D eigenvalue weighted by Gasteiger charge is 2.31. The zero-order chi connectivity index (χ0) is 13.9. The predicted octanol–water partition coefficient (Wildman–Crippen LogP) is 4.26. The van der Waals surface area contributed by atoms with Crippen molar-refractivity contribution >= 4 is 17.5 Å². The smallest absolute Gasteiger partial charge is 0.223 e. The fourth-order valence-corrected chi connectivity index (χ4v) is 3.04. The second kappa shape index (κ2) is 6.08. The number of hydrogen-bond donors (Lipinski definition) is 1. The van der Waals surface area contributed by atoms with E-state index in [2.05, 4.69) is 35.2 Å². The van der Waals surface area contributed by atoms with Crippen LogP contribution < -0.4 is 5.32 Å². The van der Waals surface area contributed by atoms with Crippen LogP contribution in [-0.2, 0) is 0 Å². The summed E-state index contributed by atoms with van der Waals surface area (Å²) >= 11 is 6.21. The van der Waals surface area contributed by atoms with Crippen molar-refractivity contribution in [3.8, 4) is 0 Å². The van der Waals surface area contributed by atoms with Gasteiger partial charge < -0.3 is 5.32 Å². The van der Waals surface area contributed by atoms with Gasteiger partial charge in [-0.2, -0.15) is 0 Å². The van der Waals surface area contributed by atoms with Crippen LogP contribution in [0.5, 0.6) is 0 Å². The summed E-state index contributed by atoms with van der Waals surface area (Å²) in [7, 11) is 0. The number of hydrogen-bond acceptors (Lipinski definition) is 3. The number of alkyl halides is 1. The Hall–Kier alpha value is -0.830. The molecule has 1 N–H and O–H groups in total. The minimum atomic E-state index is -0.0121. The van der Waals surface area contributed by atoms with E-state index < -0.39 is 0 Å². The first-order valence-corrected chi connectivity index (χ1v) is 7.78. The molecule has 0 aromatic carbocycles. The fourth-order valence-electron chi connectivity index (χ4n) is 2.70. The van der Waals surface area contributed by atoms with Gasteiger partial charge in [-0.3, -0.25) is 0 Å². The van der Waals surface area contributed by atoms with E-state index in [1.54, 1.807) is 0 Å². The number of rotatable bonds is 4. The van der Waals surface area contributed by atoms with Gasteiger partial charge in [-0.25, -0.2) is 9.97 Å².